The van der Waals surface area contributed by atoms with Crippen molar-refractivity contribution >= 4 is 35.1 Å². The predicted molar refractivity (Wildman–Crippen MR) is 91.7 cm³/mol. The first kappa shape index (κ1) is 21.3. The summed E-state index contributed by atoms with van der Waals surface area (Å²) in [4.78, 5) is 36.4. The predicted octanol–water partition coefficient (Wildman–Crippen LogP) is 3.21. The van der Waals surface area contributed by atoms with Gasteiger partial charge >= 0.3 is 12.1 Å². The molecule has 2 aromatic rings. The van der Waals surface area contributed by atoms with E-state index in [0.29, 0.717) is 6.07 Å². The van der Waals surface area contributed by atoms with Crippen molar-refractivity contribution in [2.75, 3.05) is 25.5 Å². The van der Waals surface area contributed by atoms with Gasteiger partial charge in [0.2, 0.25) is 11.7 Å². The Labute approximate surface area is 162 Å². The van der Waals surface area contributed by atoms with Crippen molar-refractivity contribution in [3.8, 4) is 0 Å². The molecule has 0 aliphatic rings. The number of amides is 2. The molecular weight excluding hydrogens is 405 g/mol. The van der Waals surface area contributed by atoms with Crippen molar-refractivity contribution in [1.29, 1.82) is 0 Å². The molecule has 0 spiro atoms. The Kier molecular flexibility index (Phi) is 6.68. The van der Waals surface area contributed by atoms with E-state index in [4.69, 9.17) is 20.8 Å². The van der Waals surface area contributed by atoms with Gasteiger partial charge in [-0.1, -0.05) is 11.6 Å². The van der Waals surface area contributed by atoms with Crippen LogP contribution in [0.15, 0.2) is 41.0 Å². The fraction of sp³-hybridized carbons (Fsp3) is 0.235. The van der Waals surface area contributed by atoms with Crippen LogP contribution >= 0.6 is 11.6 Å². The zero-order valence-corrected chi connectivity index (χ0v) is 15.1. The number of nitrogens with one attached hydrogen (secondary N) is 1. The average Bonchev–Trinajstić information content (AvgIpc) is 3.14. The zero-order valence-electron chi connectivity index (χ0n) is 14.4. The van der Waals surface area contributed by atoms with Crippen LogP contribution in [0.4, 0.5) is 18.9 Å². The molecule has 0 aliphatic heterocycles. The van der Waals surface area contributed by atoms with Crippen LogP contribution in [0.5, 0.6) is 0 Å². The molecule has 0 unspecified atom stereocenters. The number of benzene rings is 1. The number of ether oxygens (including phenoxy) is 1. The summed E-state index contributed by atoms with van der Waals surface area (Å²) in [6, 6.07) is 5.71. The molecule has 1 heterocycles. The van der Waals surface area contributed by atoms with Gasteiger partial charge in [0.05, 0.1) is 23.4 Å². The Bertz CT molecular complexity index is 868. The number of hydrogen-bond acceptors (Lipinski definition) is 5. The number of furan rings is 1. The van der Waals surface area contributed by atoms with Crippen LogP contribution in [0.3, 0.4) is 0 Å². The van der Waals surface area contributed by atoms with Crippen LogP contribution in [0.25, 0.3) is 0 Å². The van der Waals surface area contributed by atoms with Crippen LogP contribution in [0.1, 0.15) is 16.1 Å². The zero-order chi connectivity index (χ0) is 20.9. The maximum absolute atomic E-state index is 12.8. The number of rotatable bonds is 6. The largest absolute Gasteiger partial charge is 0.457 e. The molecule has 0 fully saturated rings. The number of alkyl halides is 3. The lowest BCUT2D eigenvalue weighted by molar-refractivity contribution is -0.137. The Balaban J connectivity index is 1.88. The van der Waals surface area contributed by atoms with E-state index in [1.807, 2.05) is 0 Å². The maximum Gasteiger partial charge on any atom is 0.417 e. The summed E-state index contributed by atoms with van der Waals surface area (Å²) in [7, 11) is 1.27. The number of hydrogen-bond donors (Lipinski definition) is 1. The number of esters is 1. The van der Waals surface area contributed by atoms with Gasteiger partial charge in [0.1, 0.15) is 0 Å². The third-order valence-corrected chi connectivity index (χ3v) is 3.74. The van der Waals surface area contributed by atoms with Crippen LogP contribution in [-0.2, 0) is 20.5 Å². The normalized spacial score (nSPS) is 11.0. The highest BCUT2D eigenvalue weighted by Crippen LogP contribution is 2.36. The molecule has 1 N–H and O–H groups in total. The molecule has 0 bridgehead atoms. The lowest BCUT2D eigenvalue weighted by atomic mass is 10.2. The van der Waals surface area contributed by atoms with E-state index in [0.717, 1.165) is 11.0 Å². The molecule has 7 nitrogen and oxygen atoms in total. The Morgan fingerprint density at radius 2 is 1.96 bits per heavy atom. The average molecular weight is 419 g/mol. The van der Waals surface area contributed by atoms with E-state index in [-0.39, 0.29) is 11.4 Å². The smallest absolute Gasteiger partial charge is 0.417 e. The summed E-state index contributed by atoms with van der Waals surface area (Å²) in [5.74, 6) is -2.38. The van der Waals surface area contributed by atoms with Crippen molar-refractivity contribution < 1.29 is 36.7 Å². The maximum atomic E-state index is 12.8. The van der Waals surface area contributed by atoms with Gasteiger partial charge in [0, 0.05) is 12.7 Å². The molecule has 11 heteroatoms. The number of likely N-dealkylation sites (N-methyl/N-ethyl adjacent to an activating group) is 1. The lowest BCUT2D eigenvalue weighted by Gasteiger charge is -2.17. The summed E-state index contributed by atoms with van der Waals surface area (Å²) >= 11 is 5.51. The minimum absolute atomic E-state index is 0.0867. The summed E-state index contributed by atoms with van der Waals surface area (Å²) in [6.07, 6.45) is -3.42. The summed E-state index contributed by atoms with van der Waals surface area (Å²) < 4.78 is 48.1. The number of carbonyl (C=O) groups is 3. The van der Waals surface area contributed by atoms with Gasteiger partial charge in [-0.3, -0.25) is 9.59 Å². The minimum atomic E-state index is -4.68. The molecular formula is C17H14ClF3N2O5. The van der Waals surface area contributed by atoms with Crippen LogP contribution in [-0.4, -0.2) is 42.9 Å². The van der Waals surface area contributed by atoms with Gasteiger partial charge in [-0.2, -0.15) is 13.2 Å². The first-order chi connectivity index (χ1) is 13.1. The second-order valence-corrected chi connectivity index (χ2v) is 5.95. The molecule has 2 amide bonds. The second kappa shape index (κ2) is 8.79. The fourth-order valence-corrected chi connectivity index (χ4v) is 2.25. The van der Waals surface area contributed by atoms with Crippen LogP contribution in [0, 0.1) is 0 Å². The van der Waals surface area contributed by atoms with E-state index in [1.165, 1.54) is 31.5 Å². The number of carbonyl (C=O) groups excluding carboxylic acids is 3. The third kappa shape index (κ3) is 5.74. The summed E-state index contributed by atoms with van der Waals surface area (Å²) in [5, 5.41) is 1.74. The molecule has 28 heavy (non-hydrogen) atoms. The number of halogens is 4. The van der Waals surface area contributed by atoms with Gasteiger partial charge in [-0.05, 0) is 30.3 Å². The number of nitrogens with zero attached hydrogens (tertiary/aromatic N) is 1. The third-order valence-electron chi connectivity index (χ3n) is 3.41. The minimum Gasteiger partial charge on any atom is -0.457 e. The van der Waals surface area contributed by atoms with E-state index < -0.39 is 47.7 Å². The first-order valence-electron chi connectivity index (χ1n) is 7.69. The molecule has 1 aromatic carbocycles. The van der Waals surface area contributed by atoms with E-state index in [9.17, 15) is 27.6 Å². The lowest BCUT2D eigenvalue weighted by Crippen LogP contribution is -2.37. The van der Waals surface area contributed by atoms with Crippen molar-refractivity contribution in [3.05, 3.63) is 52.9 Å². The molecule has 0 radical (unpaired) electrons. The quantitative estimate of drug-likeness (QED) is 0.728. The Morgan fingerprint density at radius 3 is 2.57 bits per heavy atom. The van der Waals surface area contributed by atoms with Crippen molar-refractivity contribution in [2.24, 2.45) is 0 Å². The van der Waals surface area contributed by atoms with Gasteiger partial charge < -0.3 is 19.4 Å². The summed E-state index contributed by atoms with van der Waals surface area (Å²) in [5.41, 5.74) is -1.23. The first-order valence-corrected chi connectivity index (χ1v) is 8.07. The molecule has 0 saturated heterocycles. The molecule has 1 aromatic heterocycles. The van der Waals surface area contributed by atoms with Crippen LogP contribution in [0.2, 0.25) is 5.02 Å². The van der Waals surface area contributed by atoms with Crippen LogP contribution < -0.4 is 5.32 Å². The highest BCUT2D eigenvalue weighted by molar-refractivity contribution is 6.31. The van der Waals surface area contributed by atoms with Gasteiger partial charge in [0.25, 0.3) is 5.91 Å². The SMILES string of the molecule is CN(CC(=O)Nc1ccc(Cl)c(C(F)(F)F)c1)C(=O)COC(=O)c1ccco1. The van der Waals surface area contributed by atoms with E-state index in [2.05, 4.69) is 5.32 Å². The van der Waals surface area contributed by atoms with Gasteiger partial charge in [-0.25, -0.2) is 4.79 Å². The summed E-state index contributed by atoms with van der Waals surface area (Å²) in [6.45, 7) is -1.11. The van der Waals surface area contributed by atoms with E-state index in [1.54, 1.807) is 0 Å². The number of anilines is 1. The van der Waals surface area contributed by atoms with Crippen molar-refractivity contribution in [2.45, 2.75) is 6.18 Å². The van der Waals surface area contributed by atoms with Crippen molar-refractivity contribution in [3.63, 3.8) is 0 Å². The second-order valence-electron chi connectivity index (χ2n) is 5.54. The fourth-order valence-electron chi connectivity index (χ4n) is 2.03. The monoisotopic (exact) mass is 418 g/mol. The molecule has 2 rings (SSSR count). The van der Waals surface area contributed by atoms with E-state index >= 15 is 0 Å². The highest BCUT2D eigenvalue weighted by atomic mass is 35.5. The van der Waals surface area contributed by atoms with Crippen molar-refractivity contribution in [1.82, 2.24) is 4.90 Å². The topological polar surface area (TPSA) is 88.9 Å². The molecule has 0 saturated carbocycles. The molecule has 0 aliphatic carbocycles. The standard InChI is InChI=1S/C17H14ClF3N2O5/c1-23(15(25)9-28-16(26)13-3-2-6-27-13)8-14(24)22-10-4-5-12(18)11(7-10)17(19,20)21/h2-7H,8-9H2,1H3,(H,22,24). The Morgan fingerprint density at radius 1 is 1.25 bits per heavy atom. The Hall–Kier alpha value is -3.01. The highest BCUT2D eigenvalue weighted by Gasteiger charge is 2.33. The van der Waals surface area contributed by atoms with Gasteiger partial charge in [-0.15, -0.1) is 0 Å². The molecule has 0 atom stereocenters. The van der Waals surface area contributed by atoms with Gasteiger partial charge in [0.15, 0.2) is 6.61 Å². The molecule has 150 valence electrons.